The van der Waals surface area contributed by atoms with Gasteiger partial charge in [-0.1, -0.05) is 0 Å². The largest absolute Gasteiger partial charge is 0.496 e. The Balaban J connectivity index is 2.49. The van der Waals surface area contributed by atoms with E-state index in [9.17, 15) is 14.5 Å². The Bertz CT molecular complexity index is 674. The van der Waals surface area contributed by atoms with Crippen LogP contribution in [-0.4, -0.2) is 19.1 Å². The zero-order valence-corrected chi connectivity index (χ0v) is 12.8. The lowest BCUT2D eigenvalue weighted by Crippen LogP contribution is -2.18. The second-order valence-electron chi connectivity index (χ2n) is 4.16. The molecule has 0 radical (unpaired) electrons. The van der Waals surface area contributed by atoms with Crippen LogP contribution in [0.3, 0.4) is 0 Å². The number of benzene rings is 1. The first-order valence-corrected chi connectivity index (χ1v) is 6.71. The zero-order chi connectivity index (χ0) is 15.6. The molecule has 112 valence electrons. The number of hydrogen-bond acceptors (Lipinski definition) is 5. The maximum Gasteiger partial charge on any atom is 0.433 e. The molecule has 0 aliphatic rings. The summed E-state index contributed by atoms with van der Waals surface area (Å²) in [6.45, 7) is 0. The first-order valence-electron chi connectivity index (χ1n) is 5.92. The second-order valence-corrected chi connectivity index (χ2v) is 5.02. The number of nitrogens with one attached hydrogen (secondary N) is 1. The Morgan fingerprint density at radius 3 is 2.71 bits per heavy atom. The molecule has 0 spiro atoms. The molecule has 1 heterocycles. The lowest BCUT2D eigenvalue weighted by molar-refractivity contribution is -0.402. The van der Waals surface area contributed by atoms with E-state index in [2.05, 4.69) is 21.2 Å². The lowest BCUT2D eigenvalue weighted by Gasteiger charge is -2.17. The van der Waals surface area contributed by atoms with E-state index >= 15 is 0 Å². The molecule has 0 saturated carbocycles. The van der Waals surface area contributed by atoms with Crippen molar-refractivity contribution in [2.75, 3.05) is 14.2 Å². The molecule has 0 bridgehead atoms. The minimum absolute atomic E-state index is 0.264. The van der Waals surface area contributed by atoms with Crippen LogP contribution in [-0.2, 0) is 0 Å². The summed E-state index contributed by atoms with van der Waals surface area (Å²) in [5, 5.41) is 13.7. The van der Waals surface area contributed by atoms with Gasteiger partial charge in [0, 0.05) is 11.6 Å². The van der Waals surface area contributed by atoms with E-state index in [1.54, 1.807) is 13.1 Å². The topological polar surface area (TPSA) is 77.5 Å². The molecule has 1 unspecified atom stereocenters. The van der Waals surface area contributed by atoms with Crippen molar-refractivity contribution in [3.8, 4) is 5.75 Å². The fourth-order valence-electron chi connectivity index (χ4n) is 1.99. The monoisotopic (exact) mass is 358 g/mol. The third-order valence-corrected chi connectivity index (χ3v) is 3.56. The summed E-state index contributed by atoms with van der Waals surface area (Å²) in [6.07, 6.45) is 0. The van der Waals surface area contributed by atoms with E-state index in [4.69, 9.17) is 9.15 Å². The number of furan rings is 1. The molecule has 0 aliphatic carbocycles. The number of nitrogens with zero attached hydrogens (tertiary/aromatic N) is 1. The van der Waals surface area contributed by atoms with Crippen LogP contribution in [0, 0.1) is 15.9 Å². The maximum absolute atomic E-state index is 13.6. The van der Waals surface area contributed by atoms with Gasteiger partial charge in [-0.3, -0.25) is 10.1 Å². The quantitative estimate of drug-likeness (QED) is 0.654. The van der Waals surface area contributed by atoms with Gasteiger partial charge < -0.3 is 14.5 Å². The van der Waals surface area contributed by atoms with E-state index in [1.165, 1.54) is 25.3 Å². The number of halogens is 2. The number of ether oxygens (including phenoxy) is 1. The van der Waals surface area contributed by atoms with Crippen molar-refractivity contribution >= 4 is 21.8 Å². The predicted molar refractivity (Wildman–Crippen MR) is 76.9 cm³/mol. The van der Waals surface area contributed by atoms with Crippen molar-refractivity contribution in [1.29, 1.82) is 0 Å². The van der Waals surface area contributed by atoms with E-state index in [-0.39, 0.29) is 10.4 Å². The second kappa shape index (κ2) is 6.23. The zero-order valence-electron chi connectivity index (χ0n) is 11.2. The van der Waals surface area contributed by atoms with Crippen molar-refractivity contribution in [3.05, 3.63) is 56.0 Å². The molecule has 0 amide bonds. The van der Waals surface area contributed by atoms with Crippen LogP contribution in [0.1, 0.15) is 17.4 Å². The molecule has 2 aromatic rings. The summed E-state index contributed by atoms with van der Waals surface area (Å²) in [6, 6.07) is 5.04. The molecule has 8 heteroatoms. The molecule has 1 aromatic carbocycles. The van der Waals surface area contributed by atoms with Crippen molar-refractivity contribution in [2.45, 2.75) is 6.04 Å². The summed E-state index contributed by atoms with van der Waals surface area (Å²) in [4.78, 5) is 10.1. The summed E-state index contributed by atoms with van der Waals surface area (Å²) in [7, 11) is 3.08. The van der Waals surface area contributed by atoms with Gasteiger partial charge in [0.1, 0.15) is 22.3 Å². The molecule has 0 fully saturated rings. The lowest BCUT2D eigenvalue weighted by atomic mass is 10.0. The van der Waals surface area contributed by atoms with Gasteiger partial charge in [0.05, 0.1) is 23.7 Å². The Hall–Kier alpha value is -1.93. The third-order valence-electron chi connectivity index (χ3n) is 2.95. The SMILES string of the molecule is CNC(c1ccc([N+](=O)[O-])o1)c1cc(Br)c(F)cc1OC. The molecule has 1 atom stereocenters. The first-order chi connectivity index (χ1) is 9.97. The predicted octanol–water partition coefficient (Wildman–Crippen LogP) is 3.41. The van der Waals surface area contributed by atoms with Gasteiger partial charge in [-0.15, -0.1) is 0 Å². The van der Waals surface area contributed by atoms with Gasteiger partial charge in [-0.2, -0.15) is 0 Å². The average molecular weight is 359 g/mol. The van der Waals surface area contributed by atoms with Crippen molar-refractivity contribution in [1.82, 2.24) is 5.32 Å². The summed E-state index contributed by atoms with van der Waals surface area (Å²) in [5.41, 5.74) is 0.595. The Morgan fingerprint density at radius 1 is 1.48 bits per heavy atom. The minimum Gasteiger partial charge on any atom is -0.496 e. The number of hydrogen-bond donors (Lipinski definition) is 1. The van der Waals surface area contributed by atoms with Gasteiger partial charge in [0.15, 0.2) is 0 Å². The van der Waals surface area contributed by atoms with Gasteiger partial charge in [0.25, 0.3) is 0 Å². The summed E-state index contributed by atoms with van der Waals surface area (Å²) < 4.78 is 24.2. The van der Waals surface area contributed by atoms with Gasteiger partial charge in [-0.25, -0.2) is 4.39 Å². The van der Waals surface area contributed by atoms with Crippen LogP contribution in [0.4, 0.5) is 10.3 Å². The summed E-state index contributed by atoms with van der Waals surface area (Å²) >= 11 is 3.11. The van der Waals surface area contributed by atoms with Gasteiger partial charge >= 0.3 is 5.88 Å². The van der Waals surface area contributed by atoms with Crippen molar-refractivity contribution in [2.24, 2.45) is 0 Å². The Kier molecular flexibility index (Phi) is 4.59. The van der Waals surface area contributed by atoms with Crippen LogP contribution in [0.5, 0.6) is 5.75 Å². The number of nitro groups is 1. The average Bonchev–Trinajstić information content (AvgIpc) is 2.93. The van der Waals surface area contributed by atoms with E-state index in [1.807, 2.05) is 0 Å². The molecule has 21 heavy (non-hydrogen) atoms. The fourth-order valence-corrected chi connectivity index (χ4v) is 2.35. The van der Waals surface area contributed by atoms with Crippen LogP contribution in [0.25, 0.3) is 0 Å². The fraction of sp³-hybridized carbons (Fsp3) is 0.231. The third kappa shape index (κ3) is 3.06. The van der Waals surface area contributed by atoms with Gasteiger partial charge in [-0.05, 0) is 35.1 Å². The molecular formula is C13H12BrFN2O4. The highest BCUT2D eigenvalue weighted by Gasteiger charge is 2.24. The highest BCUT2D eigenvalue weighted by atomic mass is 79.9. The maximum atomic E-state index is 13.6. The smallest absolute Gasteiger partial charge is 0.433 e. The standard InChI is InChI=1S/C13H12BrFN2O4/c1-16-13(10-3-4-12(21-10)17(18)19)7-5-8(14)9(15)6-11(7)20-2/h3-6,13,16H,1-2H3. The normalized spacial score (nSPS) is 12.2. The molecule has 6 nitrogen and oxygen atoms in total. The van der Waals surface area contributed by atoms with Crippen LogP contribution >= 0.6 is 15.9 Å². The van der Waals surface area contributed by atoms with Crippen molar-refractivity contribution in [3.63, 3.8) is 0 Å². The number of rotatable bonds is 5. The van der Waals surface area contributed by atoms with E-state index in [0.29, 0.717) is 17.1 Å². The first kappa shape index (κ1) is 15.5. The minimum atomic E-state index is -0.617. The van der Waals surface area contributed by atoms with Crippen LogP contribution in [0.2, 0.25) is 0 Å². The molecule has 0 aliphatic heterocycles. The molecule has 1 aromatic heterocycles. The van der Waals surface area contributed by atoms with E-state index < -0.39 is 16.8 Å². The molecule has 2 rings (SSSR count). The van der Waals surface area contributed by atoms with Crippen LogP contribution < -0.4 is 10.1 Å². The van der Waals surface area contributed by atoms with E-state index in [0.717, 1.165) is 0 Å². The van der Waals surface area contributed by atoms with Gasteiger partial charge in [0.2, 0.25) is 0 Å². The number of methoxy groups -OCH3 is 1. The van der Waals surface area contributed by atoms with Crippen molar-refractivity contribution < 1.29 is 18.5 Å². The molecule has 1 N–H and O–H groups in total. The molecule has 0 saturated heterocycles. The highest BCUT2D eigenvalue weighted by molar-refractivity contribution is 9.10. The highest BCUT2D eigenvalue weighted by Crippen LogP contribution is 2.35. The Labute approximate surface area is 128 Å². The summed E-state index contributed by atoms with van der Waals surface area (Å²) in [5.74, 6) is -0.170. The molecular weight excluding hydrogens is 347 g/mol. The van der Waals surface area contributed by atoms with Crippen LogP contribution in [0.15, 0.2) is 33.2 Å². The Morgan fingerprint density at radius 2 is 2.19 bits per heavy atom.